The molecule has 6 aliphatic rings. The van der Waals surface area contributed by atoms with Gasteiger partial charge in [-0.15, -0.1) is 0 Å². The number of hydrogen-bond donors (Lipinski definition) is 5. The van der Waals surface area contributed by atoms with Crippen LogP contribution in [0.2, 0.25) is 0 Å². The number of nitrogens with one attached hydrogen (secondary N) is 5. The van der Waals surface area contributed by atoms with E-state index in [1.54, 1.807) is 33.7 Å². The summed E-state index contributed by atoms with van der Waals surface area (Å²) < 4.78 is 28.4. The molecule has 1 saturated carbocycles. The number of carbonyl (C=O) groups is 5. The average Bonchev–Trinajstić information content (AvgIpc) is 1.72. The van der Waals surface area contributed by atoms with Crippen molar-refractivity contribution < 1.29 is 47.7 Å². The lowest BCUT2D eigenvalue weighted by atomic mass is 9.86. The van der Waals surface area contributed by atoms with E-state index in [1.807, 2.05) is 117 Å². The average molecular weight is 1700 g/mol. The molecule has 6 aliphatic carbocycles. The number of benzene rings is 8. The minimum Gasteiger partial charge on any atom is -0.495 e. The molecule has 0 atom stereocenters. The van der Waals surface area contributed by atoms with Crippen LogP contribution in [-0.4, -0.2) is 72.4 Å². The van der Waals surface area contributed by atoms with Gasteiger partial charge in [-0.05, 0) is 342 Å². The first-order chi connectivity index (χ1) is 61.0. The number of rotatable bonds is 18. The van der Waals surface area contributed by atoms with Crippen LogP contribution >= 0.6 is 0 Å². The number of hydrogen-bond acceptors (Lipinski definition) is 13. The van der Waals surface area contributed by atoms with Gasteiger partial charge in [-0.25, -0.2) is 4.98 Å². The lowest BCUT2D eigenvalue weighted by Crippen LogP contribution is -2.25. The number of amides is 5. The molecule has 5 N–H and O–H groups in total. The van der Waals surface area contributed by atoms with E-state index in [4.69, 9.17) is 23.7 Å². The quantitative estimate of drug-likeness (QED) is 0.0504. The van der Waals surface area contributed by atoms with Crippen LogP contribution in [0.15, 0.2) is 176 Å². The van der Waals surface area contributed by atoms with Crippen LogP contribution in [0, 0.1) is 12.8 Å². The van der Waals surface area contributed by atoms with E-state index in [0.29, 0.717) is 52.8 Å². The molecular weight excluding hydrogens is 1570 g/mol. The number of carbonyl (C=O) groups excluding carboxylic acids is 5. The van der Waals surface area contributed by atoms with Crippen LogP contribution in [0.4, 0.5) is 28.4 Å². The molecule has 0 spiro atoms. The van der Waals surface area contributed by atoms with Crippen molar-refractivity contribution in [3.63, 3.8) is 0 Å². The van der Waals surface area contributed by atoms with E-state index in [2.05, 4.69) is 138 Å². The van der Waals surface area contributed by atoms with Crippen LogP contribution in [0.1, 0.15) is 297 Å². The van der Waals surface area contributed by atoms with Crippen molar-refractivity contribution in [2.45, 2.75) is 265 Å². The second-order valence-electron chi connectivity index (χ2n) is 36.2. The minimum atomic E-state index is -0.274. The molecule has 2 heterocycles. The van der Waals surface area contributed by atoms with Gasteiger partial charge < -0.3 is 50.3 Å². The normalized spacial score (nSPS) is 14.8. The lowest BCUT2D eigenvalue weighted by molar-refractivity contribution is -0.120. The number of anilines is 5. The van der Waals surface area contributed by atoms with Gasteiger partial charge in [0.2, 0.25) is 5.91 Å². The Balaban J connectivity index is 0.000000144. The SMILES string of the molecule is CC(C)(C)c1ccc(C(=O)Nc2cc3c(cc2OCc2ccccn2)CCCCC3)cc1.CCOc1cc2c(cc1NC(=O)c1ccc(C(C)(C)C)cc1)CCCCC2.COc1cc2c(cc1NC(=O)C1CCCCC1)CCCCC2.COc1cc2c(cc1NC(=O)c1ccccc1)CCCCC2.COc1cc2c(cc1NC(=O)c1cnc(C)cn1)CCCCC2. The fraction of sp³-hybridized carbons (Fsp3) is 0.426. The van der Waals surface area contributed by atoms with Gasteiger partial charge in [0.25, 0.3) is 23.6 Å². The van der Waals surface area contributed by atoms with Gasteiger partial charge in [0.15, 0.2) is 0 Å². The summed E-state index contributed by atoms with van der Waals surface area (Å²) in [6, 6.07) is 51.8. The Morgan fingerprint density at radius 1 is 0.341 bits per heavy atom. The lowest BCUT2D eigenvalue weighted by Gasteiger charge is -2.22. The number of nitrogens with zero attached hydrogens (tertiary/aromatic N) is 3. The van der Waals surface area contributed by atoms with Crippen molar-refractivity contribution in [2.24, 2.45) is 5.92 Å². The second kappa shape index (κ2) is 46.0. The van der Waals surface area contributed by atoms with Crippen LogP contribution in [0.25, 0.3) is 0 Å². The van der Waals surface area contributed by atoms with Gasteiger partial charge in [0.1, 0.15) is 41.0 Å². The summed E-state index contributed by atoms with van der Waals surface area (Å²) in [6.07, 6.45) is 39.8. The predicted octanol–water partition coefficient (Wildman–Crippen LogP) is 24.4. The summed E-state index contributed by atoms with van der Waals surface area (Å²) in [7, 11) is 4.96. The number of fused-ring (bicyclic) bond motifs is 5. The maximum Gasteiger partial charge on any atom is 0.275 e. The Bertz CT molecular complexity index is 5280. The number of aryl methyl sites for hydroxylation is 11. The zero-order valence-electron chi connectivity index (χ0n) is 76.4. The van der Waals surface area contributed by atoms with E-state index in [-0.39, 0.29) is 46.3 Å². The smallest absolute Gasteiger partial charge is 0.275 e. The molecule has 8 aromatic carbocycles. The van der Waals surface area contributed by atoms with E-state index in [0.717, 1.165) is 128 Å². The molecule has 0 saturated heterocycles. The first-order valence-corrected chi connectivity index (χ1v) is 46.2. The maximum atomic E-state index is 13.1. The molecule has 0 radical (unpaired) electrons. The van der Waals surface area contributed by atoms with Crippen molar-refractivity contribution in [1.82, 2.24) is 15.0 Å². The van der Waals surface area contributed by atoms with E-state index < -0.39 is 0 Å². The van der Waals surface area contributed by atoms with Crippen molar-refractivity contribution >= 4 is 58.0 Å². The summed E-state index contributed by atoms with van der Waals surface area (Å²) in [5, 5.41) is 15.2. The molecule has 0 aliphatic heterocycles. The Morgan fingerprint density at radius 2 is 0.667 bits per heavy atom. The van der Waals surface area contributed by atoms with Gasteiger partial charge >= 0.3 is 0 Å². The third-order valence-electron chi connectivity index (χ3n) is 24.8. The molecule has 0 bridgehead atoms. The van der Waals surface area contributed by atoms with Crippen molar-refractivity contribution in [1.29, 1.82) is 0 Å². The second-order valence-corrected chi connectivity index (χ2v) is 36.2. The first kappa shape index (κ1) is 93.5. The van der Waals surface area contributed by atoms with Gasteiger partial charge in [-0.3, -0.25) is 33.9 Å². The van der Waals surface area contributed by atoms with Crippen LogP contribution < -0.4 is 50.3 Å². The van der Waals surface area contributed by atoms with Crippen molar-refractivity contribution in [3.8, 4) is 28.7 Å². The molecule has 18 nitrogen and oxygen atoms in total. The third kappa shape index (κ3) is 26.7. The van der Waals surface area contributed by atoms with Crippen LogP contribution in [0.5, 0.6) is 28.7 Å². The monoisotopic (exact) mass is 1700 g/mol. The molecule has 2 aromatic heterocycles. The zero-order valence-corrected chi connectivity index (χ0v) is 76.4. The van der Waals surface area contributed by atoms with Gasteiger partial charge in [-0.1, -0.05) is 141 Å². The summed E-state index contributed by atoms with van der Waals surface area (Å²) >= 11 is 0. The Hall–Kier alpha value is -11.7. The molecule has 18 heteroatoms. The molecule has 126 heavy (non-hydrogen) atoms. The molecule has 0 unspecified atom stereocenters. The Labute approximate surface area is 747 Å². The summed E-state index contributed by atoms with van der Waals surface area (Å²) in [5.41, 5.74) is 23.7. The fourth-order valence-electron chi connectivity index (χ4n) is 17.4. The maximum absolute atomic E-state index is 13.1. The molecule has 10 aromatic rings. The molecule has 5 amide bonds. The standard InChI is InChI=1S/C28H32N2O2.C24H31NO2.C19H27NO2.C19H21NO2.C18H21N3O2/c1-28(2,3)23-14-12-20(13-15-23)27(31)30-25-17-21-9-5-4-6-10-22(21)18-26(25)32-19-24-11-7-8-16-29-24;1-5-27-22-16-19-10-8-6-7-9-18(19)15-21(22)25-23(26)17-11-13-20(14-12-17)24(2,3)4;2*1-22-18-13-16-11-7-3-6-10-15(16)12-17(18)20-19(21)14-8-4-2-5-9-14;1-12-10-20-16(11-19-12)18(22)21-15-8-13-6-4-3-5-7-14(13)9-17(15)23-2/h7-8,11-18H,4-6,9-10,19H2,1-3H3,(H,30,31);11-16H,5-10H2,1-4H3,(H,25,26);12-14H,2-11H2,1H3,(H,20,21);2,4-5,8-9,12-13H,3,6-7,10-11H2,1H3,(H,20,21);8-11H,3-7H2,1-2H3,(H,21,22). The molecule has 664 valence electrons. The van der Waals surface area contributed by atoms with Gasteiger partial charge in [0, 0.05) is 35.0 Å². The van der Waals surface area contributed by atoms with Crippen LogP contribution in [-0.2, 0) is 86.4 Å². The zero-order chi connectivity index (χ0) is 89.0. The number of ether oxygens (including phenoxy) is 5. The predicted molar refractivity (Wildman–Crippen MR) is 508 cm³/mol. The third-order valence-corrected chi connectivity index (χ3v) is 24.8. The Morgan fingerprint density at radius 3 is 1.01 bits per heavy atom. The summed E-state index contributed by atoms with van der Waals surface area (Å²) in [5.74, 6) is 3.48. The molecule has 1 fully saturated rings. The highest BCUT2D eigenvalue weighted by Crippen LogP contribution is 2.40. The van der Waals surface area contributed by atoms with E-state index in [9.17, 15) is 24.0 Å². The summed E-state index contributed by atoms with van der Waals surface area (Å²) in [4.78, 5) is 75.7. The highest BCUT2D eigenvalue weighted by Gasteiger charge is 2.27. The Kier molecular flexibility index (Phi) is 34.1. The van der Waals surface area contributed by atoms with E-state index in [1.165, 1.54) is 189 Å². The van der Waals surface area contributed by atoms with E-state index >= 15 is 0 Å². The largest absolute Gasteiger partial charge is 0.495 e. The number of aromatic nitrogens is 3. The van der Waals surface area contributed by atoms with Gasteiger partial charge in [-0.2, -0.15) is 0 Å². The number of methoxy groups -OCH3 is 3. The minimum absolute atomic E-state index is 0.0541. The highest BCUT2D eigenvalue weighted by molar-refractivity contribution is 6.07. The fourth-order valence-corrected chi connectivity index (χ4v) is 17.4. The van der Waals surface area contributed by atoms with Crippen LogP contribution in [0.3, 0.4) is 0 Å². The molecule has 16 rings (SSSR count). The summed E-state index contributed by atoms with van der Waals surface area (Å²) in [6.45, 7) is 17.8. The number of pyridine rings is 1. The topological polar surface area (TPSA) is 230 Å². The van der Waals surface area contributed by atoms with Gasteiger partial charge in [0.05, 0.1) is 74.0 Å². The first-order valence-electron chi connectivity index (χ1n) is 46.2. The van der Waals surface area contributed by atoms with Crippen molar-refractivity contribution in [3.05, 3.63) is 277 Å². The van der Waals surface area contributed by atoms with Crippen molar-refractivity contribution in [2.75, 3.05) is 54.5 Å². The molecular formula is C108H132N8O10. The highest BCUT2D eigenvalue weighted by atomic mass is 16.5.